The number of fused-ring (bicyclic) bond motifs is 14. The molecule has 0 radical (unpaired) electrons. The van der Waals surface area contributed by atoms with Gasteiger partial charge in [-0.3, -0.25) is 0 Å². The summed E-state index contributed by atoms with van der Waals surface area (Å²) >= 11 is 0. The fourth-order valence-corrected chi connectivity index (χ4v) is 11.7. The quantitative estimate of drug-likeness (QED) is 0.157. The van der Waals surface area contributed by atoms with Crippen LogP contribution in [0.15, 0.2) is 218 Å². The molecule has 0 atom stereocenters. The Balaban J connectivity index is 1.18. The van der Waals surface area contributed by atoms with Crippen molar-refractivity contribution in [3.05, 3.63) is 218 Å². The minimum Gasteiger partial charge on any atom is -0.308 e. The molecule has 294 valence electrons. The van der Waals surface area contributed by atoms with E-state index in [0.717, 1.165) is 0 Å². The first-order valence-electron chi connectivity index (χ1n) is 22.3. The highest BCUT2D eigenvalue weighted by Crippen LogP contribution is 2.50. The van der Waals surface area contributed by atoms with Crippen molar-refractivity contribution in [1.29, 1.82) is 0 Å². The largest absolute Gasteiger partial charge is 0.308 e. The Labute approximate surface area is 367 Å². The molecule has 0 amide bonds. The maximum Gasteiger partial charge on any atom is 0.0620 e. The molecule has 2 heteroatoms. The van der Waals surface area contributed by atoms with Crippen molar-refractivity contribution in [2.24, 2.45) is 0 Å². The van der Waals surface area contributed by atoms with E-state index in [0.29, 0.717) is 0 Å². The van der Waals surface area contributed by atoms with Gasteiger partial charge in [-0.25, -0.2) is 0 Å². The zero-order chi connectivity index (χ0) is 41.6. The van der Waals surface area contributed by atoms with Crippen molar-refractivity contribution in [2.45, 2.75) is 0 Å². The average Bonchev–Trinajstić information content (AvgIpc) is 4.09. The number of nitrogens with zero attached hydrogens (tertiary/aromatic N) is 2. The van der Waals surface area contributed by atoms with E-state index < -0.39 is 0 Å². The van der Waals surface area contributed by atoms with E-state index in [1.165, 1.54) is 142 Å². The van der Waals surface area contributed by atoms with Gasteiger partial charge in [-0.2, -0.15) is 0 Å². The molecule has 0 aliphatic carbocycles. The topological polar surface area (TPSA) is 8.82 Å². The van der Waals surface area contributed by atoms with Gasteiger partial charge < -0.3 is 8.80 Å². The molecule has 0 N–H and O–H groups in total. The Hall–Kier alpha value is -8.46. The van der Waals surface area contributed by atoms with Crippen LogP contribution in [0.3, 0.4) is 0 Å². The highest BCUT2D eigenvalue weighted by Gasteiger charge is 2.25. The van der Waals surface area contributed by atoms with E-state index in [1.54, 1.807) is 0 Å². The highest BCUT2D eigenvalue weighted by molar-refractivity contribution is 6.32. The van der Waals surface area contributed by atoms with Gasteiger partial charge in [0, 0.05) is 43.1 Å². The van der Waals surface area contributed by atoms with Gasteiger partial charge in [0.25, 0.3) is 0 Å². The maximum absolute atomic E-state index is 2.53. The molecule has 0 unspecified atom stereocenters. The predicted molar refractivity (Wildman–Crippen MR) is 273 cm³/mol. The lowest BCUT2D eigenvalue weighted by molar-refractivity contribution is 1.37. The number of benzene rings is 11. The van der Waals surface area contributed by atoms with E-state index in [-0.39, 0.29) is 0 Å². The lowest BCUT2D eigenvalue weighted by atomic mass is 9.83. The van der Waals surface area contributed by atoms with Crippen molar-refractivity contribution in [2.75, 3.05) is 0 Å². The van der Waals surface area contributed by atoms with Crippen LogP contribution in [0.2, 0.25) is 0 Å². The second-order valence-corrected chi connectivity index (χ2v) is 17.6. The third kappa shape index (κ3) is 4.48. The van der Waals surface area contributed by atoms with Crippen LogP contribution in [-0.2, 0) is 0 Å². The summed E-state index contributed by atoms with van der Waals surface area (Å²) < 4.78 is 5.06. The van der Waals surface area contributed by atoms with E-state index in [9.17, 15) is 0 Å². The van der Waals surface area contributed by atoms with Gasteiger partial charge in [0.05, 0.1) is 33.1 Å². The first-order valence-corrected chi connectivity index (χ1v) is 22.3. The summed E-state index contributed by atoms with van der Waals surface area (Å²) in [6.45, 7) is 0. The molecule has 15 rings (SSSR count). The molecular formula is C62H36N2. The molecule has 4 aromatic heterocycles. The number of rotatable bonds is 4. The normalized spacial score (nSPS) is 12.4. The Kier molecular flexibility index (Phi) is 6.71. The Morgan fingerprint density at radius 1 is 0.188 bits per heavy atom. The van der Waals surface area contributed by atoms with Crippen molar-refractivity contribution < 1.29 is 0 Å². The van der Waals surface area contributed by atoms with Gasteiger partial charge in [-0.05, 0) is 115 Å². The fraction of sp³-hybridized carbons (Fsp3) is 0. The summed E-state index contributed by atoms with van der Waals surface area (Å²) in [5.74, 6) is 0. The van der Waals surface area contributed by atoms with Crippen LogP contribution in [0.25, 0.3) is 142 Å². The molecule has 0 saturated carbocycles. The van der Waals surface area contributed by atoms with Crippen LogP contribution in [-0.4, -0.2) is 8.80 Å². The summed E-state index contributed by atoms with van der Waals surface area (Å²) in [4.78, 5) is 0. The molecule has 2 nitrogen and oxygen atoms in total. The van der Waals surface area contributed by atoms with Crippen LogP contribution < -0.4 is 0 Å². The highest BCUT2D eigenvalue weighted by atomic mass is 14.9. The van der Waals surface area contributed by atoms with Crippen LogP contribution in [0, 0.1) is 0 Å². The van der Waals surface area contributed by atoms with Crippen LogP contribution in [0.4, 0.5) is 0 Å². The minimum absolute atomic E-state index is 1.21. The average molecular weight is 809 g/mol. The van der Waals surface area contributed by atoms with Gasteiger partial charge >= 0.3 is 0 Å². The Morgan fingerprint density at radius 3 is 0.969 bits per heavy atom. The summed E-state index contributed by atoms with van der Waals surface area (Å²) in [7, 11) is 0. The van der Waals surface area contributed by atoms with Gasteiger partial charge in [0.15, 0.2) is 0 Å². The third-order valence-corrected chi connectivity index (χ3v) is 14.3. The van der Waals surface area contributed by atoms with Crippen LogP contribution >= 0.6 is 0 Å². The van der Waals surface area contributed by atoms with Crippen molar-refractivity contribution in [1.82, 2.24) is 8.80 Å². The molecule has 15 aromatic rings. The molecule has 64 heavy (non-hydrogen) atoms. The molecular weight excluding hydrogens is 773 g/mol. The lowest BCUT2D eigenvalue weighted by Gasteiger charge is -2.20. The standard InChI is InChI=1S/C62H36N2/c1-3-15-37(16-4-1)39-19-11-21-41(31-39)59-51-33-49-47-27-13-25-45-44-24-8-10-30-56(44)64(61(45)47)58(49)36-54(51)60(42-22-12-20-40(32-42)38-17-5-2-6-18-38)52-34-50-48-28-14-26-46-43-23-7-9-29-55(43)63(62(46)48)57(50)35-53(52)59/h1-36H. The smallest absolute Gasteiger partial charge is 0.0620 e. The van der Waals surface area contributed by atoms with E-state index >= 15 is 0 Å². The third-order valence-electron chi connectivity index (χ3n) is 14.3. The van der Waals surface area contributed by atoms with Crippen molar-refractivity contribution in [3.63, 3.8) is 0 Å². The molecule has 0 bridgehead atoms. The first-order chi connectivity index (χ1) is 31.8. The van der Waals surface area contributed by atoms with Crippen molar-refractivity contribution >= 4 is 97.7 Å². The van der Waals surface area contributed by atoms with Crippen LogP contribution in [0.1, 0.15) is 0 Å². The SMILES string of the molecule is c1ccc(-c2cccc(-c3c4cc5c6cccc7c8ccccc8n(c5cc4c(-c4cccc(-c5ccccc5)c4)c4cc5c8cccc9c%10ccccc%10n(c5cc34)c98)c76)c2)cc1. The van der Waals surface area contributed by atoms with Crippen LogP contribution in [0.5, 0.6) is 0 Å². The van der Waals surface area contributed by atoms with Gasteiger partial charge in [-0.1, -0.05) is 170 Å². The number of para-hydroxylation sites is 4. The van der Waals surface area contributed by atoms with Gasteiger partial charge in [0.1, 0.15) is 0 Å². The number of hydrogen-bond acceptors (Lipinski definition) is 0. The monoisotopic (exact) mass is 808 g/mol. The van der Waals surface area contributed by atoms with E-state index in [2.05, 4.69) is 227 Å². The van der Waals surface area contributed by atoms with Gasteiger partial charge in [-0.15, -0.1) is 0 Å². The fourth-order valence-electron chi connectivity index (χ4n) is 11.7. The zero-order valence-electron chi connectivity index (χ0n) is 34.7. The molecule has 0 saturated heterocycles. The molecule has 0 aliphatic rings. The van der Waals surface area contributed by atoms with E-state index in [4.69, 9.17) is 0 Å². The summed E-state index contributed by atoms with van der Waals surface area (Å²) in [6.07, 6.45) is 0. The molecule has 0 aliphatic heterocycles. The number of hydrogen-bond donors (Lipinski definition) is 0. The minimum atomic E-state index is 1.21. The molecule has 11 aromatic carbocycles. The van der Waals surface area contributed by atoms with Gasteiger partial charge in [0.2, 0.25) is 0 Å². The second kappa shape index (κ2) is 12.6. The maximum atomic E-state index is 2.53. The predicted octanol–water partition coefficient (Wildman–Crippen LogP) is 17.0. The molecule has 0 fully saturated rings. The Bertz CT molecular complexity index is 4110. The first kappa shape index (κ1) is 34.2. The summed E-state index contributed by atoms with van der Waals surface area (Å²) in [6, 6.07) is 81.7. The molecule has 4 heterocycles. The zero-order valence-corrected chi connectivity index (χ0v) is 34.7. The second-order valence-electron chi connectivity index (χ2n) is 17.6. The summed E-state index contributed by atoms with van der Waals surface area (Å²) in [5.41, 5.74) is 17.3. The number of aromatic nitrogens is 2. The van der Waals surface area contributed by atoms with Crippen molar-refractivity contribution in [3.8, 4) is 44.5 Å². The lowest BCUT2D eigenvalue weighted by Crippen LogP contribution is -1.93. The summed E-state index contributed by atoms with van der Waals surface area (Å²) in [5, 5.41) is 15.3. The Morgan fingerprint density at radius 2 is 0.516 bits per heavy atom. The molecule has 0 spiro atoms. The van der Waals surface area contributed by atoms with E-state index in [1.807, 2.05) is 0 Å².